The summed E-state index contributed by atoms with van der Waals surface area (Å²) in [6.45, 7) is 4.69. The molecule has 7 aromatic carbocycles. The summed E-state index contributed by atoms with van der Waals surface area (Å²) in [5, 5.41) is 4.73. The minimum absolute atomic E-state index is 0.101. The average Bonchev–Trinajstić information content (AvgIpc) is 3.64. The van der Waals surface area contributed by atoms with Gasteiger partial charge in [-0.3, -0.25) is 4.57 Å². The Bertz CT molecular complexity index is 2720. The van der Waals surface area contributed by atoms with Gasteiger partial charge in [-0.15, -0.1) is 0 Å². The smallest absolute Gasteiger partial charge is 0.235 e. The standard InChI is InChI=1S/C47H33N3/c1-47(2)40-23-12-11-20-36(40)37-26-25-33(28-41(37)47)35-21-13-22-38-39-27-24-30-14-9-10-19-34(30)44(39)50(45(35)38)46-48-42(31-15-5-3-6-16-31)29-43(49-46)32-17-7-4-8-18-32/h3-29H,1-2H3. The molecule has 1 aliphatic rings. The van der Waals surface area contributed by atoms with Gasteiger partial charge in [0.15, 0.2) is 0 Å². The molecule has 0 bridgehead atoms. The minimum Gasteiger partial charge on any atom is -0.277 e. The Morgan fingerprint density at radius 1 is 0.420 bits per heavy atom. The molecule has 1 aliphatic carbocycles. The maximum absolute atomic E-state index is 5.37. The number of nitrogens with zero attached hydrogens (tertiary/aromatic N) is 3. The Kier molecular flexibility index (Phi) is 6.22. The molecule has 0 spiro atoms. The van der Waals surface area contributed by atoms with Crippen molar-refractivity contribution in [1.29, 1.82) is 0 Å². The topological polar surface area (TPSA) is 30.7 Å². The number of benzene rings is 7. The van der Waals surface area contributed by atoms with E-state index in [1.807, 2.05) is 12.1 Å². The molecule has 0 saturated heterocycles. The summed E-state index contributed by atoms with van der Waals surface area (Å²) in [6, 6.07) is 58.7. The van der Waals surface area contributed by atoms with Gasteiger partial charge in [-0.25, -0.2) is 9.97 Å². The SMILES string of the molecule is CC1(C)c2ccccc2-c2ccc(-c3cccc4c5ccc6ccccc6c5n(-c5nc(-c6ccccc6)cc(-c6ccccc6)n5)c34)cc21. The van der Waals surface area contributed by atoms with Crippen LogP contribution < -0.4 is 0 Å². The van der Waals surface area contributed by atoms with Gasteiger partial charge < -0.3 is 0 Å². The number of rotatable bonds is 4. The van der Waals surface area contributed by atoms with E-state index in [0.717, 1.165) is 39.1 Å². The van der Waals surface area contributed by atoms with Gasteiger partial charge in [0.25, 0.3) is 0 Å². The van der Waals surface area contributed by atoms with E-state index in [1.54, 1.807) is 0 Å². The number of para-hydroxylation sites is 1. The normalized spacial score (nSPS) is 13.2. The average molecular weight is 640 g/mol. The fraction of sp³-hybridized carbons (Fsp3) is 0.0638. The maximum atomic E-state index is 5.37. The molecule has 3 heteroatoms. The summed E-state index contributed by atoms with van der Waals surface area (Å²) in [7, 11) is 0. The molecule has 9 aromatic rings. The Hall–Kier alpha value is -6.32. The van der Waals surface area contributed by atoms with E-state index >= 15 is 0 Å². The summed E-state index contributed by atoms with van der Waals surface area (Å²) >= 11 is 0. The largest absolute Gasteiger partial charge is 0.277 e. The molecule has 0 N–H and O–H groups in total. The van der Waals surface area contributed by atoms with Crippen molar-refractivity contribution in [3.8, 4) is 50.7 Å². The zero-order valence-corrected chi connectivity index (χ0v) is 27.9. The van der Waals surface area contributed by atoms with E-state index in [2.05, 4.69) is 170 Å². The van der Waals surface area contributed by atoms with Gasteiger partial charge >= 0.3 is 0 Å². The van der Waals surface area contributed by atoms with Gasteiger partial charge in [0.2, 0.25) is 5.95 Å². The number of aromatic nitrogens is 3. The zero-order chi connectivity index (χ0) is 33.4. The molecule has 0 saturated carbocycles. The van der Waals surface area contributed by atoms with Crippen LogP contribution in [-0.2, 0) is 5.41 Å². The summed E-state index contributed by atoms with van der Waals surface area (Å²) in [5.41, 5.74) is 13.7. The van der Waals surface area contributed by atoms with Crippen LogP contribution in [0, 0.1) is 0 Å². The Morgan fingerprint density at radius 3 is 1.78 bits per heavy atom. The molecule has 10 rings (SSSR count). The predicted molar refractivity (Wildman–Crippen MR) is 208 cm³/mol. The van der Waals surface area contributed by atoms with Crippen molar-refractivity contribution >= 4 is 32.6 Å². The first kappa shape index (κ1) is 28.7. The third-order valence-corrected chi connectivity index (χ3v) is 10.6. The quantitative estimate of drug-likeness (QED) is 0.192. The third-order valence-electron chi connectivity index (χ3n) is 10.6. The molecule has 2 aromatic heterocycles. The molecular formula is C47H33N3. The van der Waals surface area contributed by atoms with Crippen LogP contribution in [0.25, 0.3) is 83.3 Å². The Balaban J connectivity index is 1.32. The van der Waals surface area contributed by atoms with Gasteiger partial charge in [-0.2, -0.15) is 0 Å². The summed E-state index contributed by atoms with van der Waals surface area (Å²) < 4.78 is 2.33. The van der Waals surface area contributed by atoms with Crippen LogP contribution in [-0.4, -0.2) is 14.5 Å². The highest BCUT2D eigenvalue weighted by atomic mass is 15.2. The zero-order valence-electron chi connectivity index (χ0n) is 27.9. The molecule has 2 heterocycles. The van der Waals surface area contributed by atoms with Gasteiger partial charge in [0.05, 0.1) is 22.4 Å². The van der Waals surface area contributed by atoms with Gasteiger partial charge in [-0.05, 0) is 45.3 Å². The highest BCUT2D eigenvalue weighted by Crippen LogP contribution is 2.50. The van der Waals surface area contributed by atoms with Gasteiger partial charge in [0, 0.05) is 38.3 Å². The molecule has 50 heavy (non-hydrogen) atoms. The second kappa shape index (κ2) is 10.8. The Labute approximate surface area is 291 Å². The lowest BCUT2D eigenvalue weighted by atomic mass is 9.81. The molecule has 3 nitrogen and oxygen atoms in total. The van der Waals surface area contributed by atoms with Crippen LogP contribution in [0.1, 0.15) is 25.0 Å². The highest BCUT2D eigenvalue weighted by molar-refractivity contribution is 6.21. The predicted octanol–water partition coefficient (Wildman–Crippen LogP) is 12.0. The molecule has 0 atom stereocenters. The monoisotopic (exact) mass is 639 g/mol. The lowest BCUT2D eigenvalue weighted by molar-refractivity contribution is 0.660. The molecule has 0 radical (unpaired) electrons. The number of fused-ring (bicyclic) bond motifs is 8. The first-order valence-corrected chi connectivity index (χ1v) is 17.3. The van der Waals surface area contributed by atoms with Crippen LogP contribution in [0.3, 0.4) is 0 Å². The first-order valence-electron chi connectivity index (χ1n) is 17.3. The van der Waals surface area contributed by atoms with E-state index in [9.17, 15) is 0 Å². The summed E-state index contributed by atoms with van der Waals surface area (Å²) in [5.74, 6) is 0.655. The molecule has 236 valence electrons. The van der Waals surface area contributed by atoms with Crippen LogP contribution in [0.15, 0.2) is 164 Å². The molecule has 0 fully saturated rings. The molecular weight excluding hydrogens is 607 g/mol. The van der Waals surface area contributed by atoms with E-state index in [0.29, 0.717) is 5.95 Å². The van der Waals surface area contributed by atoms with E-state index in [1.165, 1.54) is 49.4 Å². The van der Waals surface area contributed by atoms with Crippen molar-refractivity contribution in [3.05, 3.63) is 175 Å². The van der Waals surface area contributed by atoms with Crippen molar-refractivity contribution in [2.45, 2.75) is 19.3 Å². The van der Waals surface area contributed by atoms with Crippen LogP contribution in [0.5, 0.6) is 0 Å². The maximum Gasteiger partial charge on any atom is 0.235 e. The second-order valence-corrected chi connectivity index (χ2v) is 13.8. The number of hydrogen-bond acceptors (Lipinski definition) is 2. The van der Waals surface area contributed by atoms with Crippen LogP contribution in [0.2, 0.25) is 0 Å². The summed E-state index contributed by atoms with van der Waals surface area (Å²) in [4.78, 5) is 10.7. The first-order chi connectivity index (χ1) is 24.6. The third kappa shape index (κ3) is 4.23. The van der Waals surface area contributed by atoms with Crippen molar-refractivity contribution in [1.82, 2.24) is 14.5 Å². The summed E-state index contributed by atoms with van der Waals surface area (Å²) in [6.07, 6.45) is 0. The fourth-order valence-electron chi connectivity index (χ4n) is 8.18. The van der Waals surface area contributed by atoms with Gasteiger partial charge in [-0.1, -0.05) is 166 Å². The van der Waals surface area contributed by atoms with E-state index in [-0.39, 0.29) is 5.41 Å². The highest BCUT2D eigenvalue weighted by Gasteiger charge is 2.35. The van der Waals surface area contributed by atoms with Gasteiger partial charge in [0.1, 0.15) is 0 Å². The van der Waals surface area contributed by atoms with Crippen LogP contribution >= 0.6 is 0 Å². The van der Waals surface area contributed by atoms with Crippen molar-refractivity contribution < 1.29 is 0 Å². The molecule has 0 unspecified atom stereocenters. The second-order valence-electron chi connectivity index (χ2n) is 13.8. The lowest BCUT2D eigenvalue weighted by Crippen LogP contribution is -2.14. The molecule has 0 amide bonds. The Morgan fingerprint density at radius 2 is 1.02 bits per heavy atom. The minimum atomic E-state index is -0.101. The fourth-order valence-corrected chi connectivity index (χ4v) is 8.18. The van der Waals surface area contributed by atoms with E-state index < -0.39 is 0 Å². The van der Waals surface area contributed by atoms with Crippen LogP contribution in [0.4, 0.5) is 0 Å². The van der Waals surface area contributed by atoms with Crippen molar-refractivity contribution in [2.75, 3.05) is 0 Å². The van der Waals surface area contributed by atoms with E-state index in [4.69, 9.17) is 9.97 Å². The van der Waals surface area contributed by atoms with Crippen molar-refractivity contribution in [2.24, 2.45) is 0 Å². The number of hydrogen-bond donors (Lipinski definition) is 0. The van der Waals surface area contributed by atoms with Crippen molar-refractivity contribution in [3.63, 3.8) is 0 Å². The lowest BCUT2D eigenvalue weighted by Gasteiger charge is -2.22. The molecule has 0 aliphatic heterocycles.